The number of nitrogens with zero attached hydrogens (tertiary/aromatic N) is 1. The molecule has 31 heavy (non-hydrogen) atoms. The van der Waals surface area contributed by atoms with Crippen LogP contribution in [0, 0.1) is 13.8 Å². The van der Waals surface area contributed by atoms with E-state index in [1.54, 1.807) is 4.90 Å². The topological polar surface area (TPSA) is 49.4 Å². The molecule has 5 heteroatoms. The van der Waals surface area contributed by atoms with Crippen molar-refractivity contribution in [2.45, 2.75) is 77.9 Å². The number of carbonyl (C=O) groups excluding carboxylic acids is 2. The minimum Gasteiger partial charge on any atom is -0.352 e. The van der Waals surface area contributed by atoms with Crippen LogP contribution in [0.15, 0.2) is 42.5 Å². The minimum atomic E-state index is -0.518. The number of carbonyl (C=O) groups is 2. The van der Waals surface area contributed by atoms with Crippen LogP contribution in [0.3, 0.4) is 0 Å². The number of amides is 2. The van der Waals surface area contributed by atoms with Crippen LogP contribution in [0.1, 0.15) is 61.3 Å². The molecule has 3 rings (SSSR count). The molecule has 1 aliphatic rings. The Labute approximate surface area is 191 Å². The van der Waals surface area contributed by atoms with Gasteiger partial charge in [-0.2, -0.15) is 0 Å². The third kappa shape index (κ3) is 6.10. The van der Waals surface area contributed by atoms with Gasteiger partial charge in [-0.15, -0.1) is 0 Å². The molecular weight excluding hydrogens is 408 g/mol. The van der Waals surface area contributed by atoms with Gasteiger partial charge in [0, 0.05) is 17.6 Å². The molecule has 2 amide bonds. The first-order valence-corrected chi connectivity index (χ1v) is 11.7. The summed E-state index contributed by atoms with van der Waals surface area (Å²) in [5, 5.41) is 3.79. The first kappa shape index (κ1) is 23.3. The Hall–Kier alpha value is -2.33. The lowest BCUT2D eigenvalue weighted by Gasteiger charge is -2.32. The molecule has 4 nitrogen and oxygen atoms in total. The fourth-order valence-corrected chi connectivity index (χ4v) is 4.48. The third-order valence-corrected chi connectivity index (χ3v) is 6.68. The second-order valence-electron chi connectivity index (χ2n) is 8.62. The highest BCUT2D eigenvalue weighted by atomic mass is 35.5. The second-order valence-corrected chi connectivity index (χ2v) is 9.03. The Balaban J connectivity index is 1.84. The maximum Gasteiger partial charge on any atom is 0.243 e. The van der Waals surface area contributed by atoms with Gasteiger partial charge in [0.15, 0.2) is 0 Å². The third-order valence-electron chi connectivity index (χ3n) is 6.31. The van der Waals surface area contributed by atoms with Gasteiger partial charge >= 0.3 is 0 Å². The molecule has 0 heterocycles. The predicted molar refractivity (Wildman–Crippen MR) is 126 cm³/mol. The van der Waals surface area contributed by atoms with Gasteiger partial charge in [0.05, 0.1) is 6.42 Å². The number of hydrogen-bond acceptors (Lipinski definition) is 2. The fourth-order valence-electron chi connectivity index (χ4n) is 4.29. The Morgan fingerprint density at radius 2 is 1.81 bits per heavy atom. The van der Waals surface area contributed by atoms with Crippen LogP contribution in [0.4, 0.5) is 0 Å². The van der Waals surface area contributed by atoms with Gasteiger partial charge in [-0.1, -0.05) is 67.8 Å². The van der Waals surface area contributed by atoms with Gasteiger partial charge < -0.3 is 10.2 Å². The molecule has 166 valence electrons. The average molecular weight is 441 g/mol. The first-order valence-electron chi connectivity index (χ1n) is 11.3. The summed E-state index contributed by atoms with van der Waals surface area (Å²) in [7, 11) is 0. The maximum absolute atomic E-state index is 13.5. The van der Waals surface area contributed by atoms with Crippen LogP contribution in [0.25, 0.3) is 0 Å². The Bertz CT molecular complexity index is 921. The number of nitrogens with one attached hydrogen (secondary N) is 1. The Morgan fingerprint density at radius 1 is 1.10 bits per heavy atom. The molecule has 0 aromatic heterocycles. The summed E-state index contributed by atoms with van der Waals surface area (Å²) < 4.78 is 0. The summed E-state index contributed by atoms with van der Waals surface area (Å²) >= 11 is 6.40. The smallest absolute Gasteiger partial charge is 0.243 e. The van der Waals surface area contributed by atoms with Crippen LogP contribution in [-0.2, 0) is 22.6 Å². The lowest BCUT2D eigenvalue weighted by atomic mass is 10.0. The number of rotatable bonds is 8. The van der Waals surface area contributed by atoms with E-state index in [4.69, 9.17) is 11.6 Å². The van der Waals surface area contributed by atoms with E-state index in [2.05, 4.69) is 25.2 Å². The molecule has 1 saturated carbocycles. The van der Waals surface area contributed by atoms with Crippen LogP contribution in [0.2, 0.25) is 5.02 Å². The van der Waals surface area contributed by atoms with Gasteiger partial charge in [0.25, 0.3) is 0 Å². The zero-order chi connectivity index (χ0) is 22.4. The zero-order valence-corrected chi connectivity index (χ0v) is 19.5. The van der Waals surface area contributed by atoms with Crippen LogP contribution in [0.5, 0.6) is 0 Å². The number of aryl methyl sites for hydroxylation is 2. The highest BCUT2D eigenvalue weighted by Crippen LogP contribution is 2.22. The van der Waals surface area contributed by atoms with E-state index in [0.717, 1.165) is 42.4 Å². The van der Waals surface area contributed by atoms with Gasteiger partial charge in [0.2, 0.25) is 11.8 Å². The molecule has 2 aromatic carbocycles. The van der Waals surface area contributed by atoms with Gasteiger partial charge in [0.1, 0.15) is 6.04 Å². The largest absolute Gasteiger partial charge is 0.352 e. The van der Waals surface area contributed by atoms with E-state index in [1.165, 1.54) is 5.56 Å². The van der Waals surface area contributed by atoms with Crippen molar-refractivity contribution in [1.29, 1.82) is 0 Å². The highest BCUT2D eigenvalue weighted by molar-refractivity contribution is 6.31. The van der Waals surface area contributed by atoms with Gasteiger partial charge in [-0.25, -0.2) is 0 Å². The molecule has 0 radical (unpaired) electrons. The summed E-state index contributed by atoms with van der Waals surface area (Å²) in [6.45, 7) is 6.39. The first-order chi connectivity index (χ1) is 14.9. The summed E-state index contributed by atoms with van der Waals surface area (Å²) in [5.74, 6) is -0.119. The van der Waals surface area contributed by atoms with Crippen molar-refractivity contribution >= 4 is 23.4 Å². The monoisotopic (exact) mass is 440 g/mol. The van der Waals surface area contributed by atoms with Crippen LogP contribution >= 0.6 is 11.6 Å². The Kier molecular flexibility index (Phi) is 8.14. The quantitative estimate of drug-likeness (QED) is 0.600. The van der Waals surface area contributed by atoms with E-state index in [-0.39, 0.29) is 24.3 Å². The highest BCUT2D eigenvalue weighted by Gasteiger charge is 2.31. The van der Waals surface area contributed by atoms with Crippen molar-refractivity contribution in [2.24, 2.45) is 0 Å². The lowest BCUT2D eigenvalue weighted by Crippen LogP contribution is -2.51. The molecule has 0 saturated heterocycles. The fraction of sp³-hybridized carbons (Fsp3) is 0.462. The molecule has 0 spiro atoms. The summed E-state index contributed by atoms with van der Waals surface area (Å²) in [6, 6.07) is 13.3. The predicted octanol–water partition coefficient (Wildman–Crippen LogP) is 5.37. The number of halogens is 1. The molecule has 1 atom stereocenters. The molecule has 1 N–H and O–H groups in total. The maximum atomic E-state index is 13.5. The van der Waals surface area contributed by atoms with E-state index in [0.29, 0.717) is 18.0 Å². The van der Waals surface area contributed by atoms with E-state index in [1.807, 2.05) is 43.3 Å². The minimum absolute atomic E-state index is 0.0587. The normalized spacial score (nSPS) is 15.0. The summed E-state index contributed by atoms with van der Waals surface area (Å²) in [6.07, 6.45) is 5.15. The molecule has 1 fully saturated rings. The van der Waals surface area contributed by atoms with Crippen LogP contribution < -0.4 is 5.32 Å². The number of hydrogen-bond donors (Lipinski definition) is 1. The molecule has 1 aliphatic carbocycles. The molecule has 2 aromatic rings. The molecule has 0 aliphatic heterocycles. The van der Waals surface area contributed by atoms with Crippen molar-refractivity contribution in [3.05, 3.63) is 69.7 Å². The van der Waals surface area contributed by atoms with Crippen molar-refractivity contribution in [3.8, 4) is 0 Å². The second kappa shape index (κ2) is 10.8. The van der Waals surface area contributed by atoms with Crippen molar-refractivity contribution in [2.75, 3.05) is 0 Å². The summed E-state index contributed by atoms with van der Waals surface area (Å²) in [5.41, 5.74) is 4.17. The van der Waals surface area contributed by atoms with E-state index < -0.39 is 6.04 Å². The molecule has 0 unspecified atom stereocenters. The van der Waals surface area contributed by atoms with Gasteiger partial charge in [-0.05, 0) is 61.4 Å². The SMILES string of the molecule is CC[C@H](C(=O)NC1CCCC1)N(Cc1ccccc1Cl)C(=O)Cc1ccc(C)c(C)c1. The lowest BCUT2D eigenvalue weighted by molar-refractivity contribution is -0.141. The zero-order valence-electron chi connectivity index (χ0n) is 18.8. The molecule has 0 bridgehead atoms. The standard InChI is InChI=1S/C26H33ClN2O2/c1-4-24(26(31)28-22-10-6-7-11-22)29(17-21-9-5-8-12-23(21)27)25(30)16-20-14-13-18(2)19(3)15-20/h5,8-9,12-15,22,24H,4,6-7,10-11,16-17H2,1-3H3,(H,28,31)/t24-/m1/s1. The summed E-state index contributed by atoms with van der Waals surface area (Å²) in [4.78, 5) is 28.3. The van der Waals surface area contributed by atoms with E-state index in [9.17, 15) is 9.59 Å². The average Bonchev–Trinajstić information content (AvgIpc) is 3.25. The van der Waals surface area contributed by atoms with Crippen molar-refractivity contribution in [3.63, 3.8) is 0 Å². The Morgan fingerprint density at radius 3 is 2.45 bits per heavy atom. The van der Waals surface area contributed by atoms with Crippen LogP contribution in [-0.4, -0.2) is 28.8 Å². The van der Waals surface area contributed by atoms with Gasteiger partial charge in [-0.3, -0.25) is 9.59 Å². The van der Waals surface area contributed by atoms with Crippen molar-refractivity contribution in [1.82, 2.24) is 10.2 Å². The van der Waals surface area contributed by atoms with E-state index >= 15 is 0 Å². The number of benzene rings is 2. The van der Waals surface area contributed by atoms with Crippen molar-refractivity contribution < 1.29 is 9.59 Å². The molecular formula is C26H33ClN2O2.